The van der Waals surface area contributed by atoms with Gasteiger partial charge >= 0.3 is 0 Å². The van der Waals surface area contributed by atoms with Crippen LogP contribution in [0.25, 0.3) is 22.0 Å². The first-order valence-electron chi connectivity index (χ1n) is 9.17. The van der Waals surface area contributed by atoms with Crippen molar-refractivity contribution in [3.05, 3.63) is 71.0 Å². The fourth-order valence-corrected chi connectivity index (χ4v) is 3.88. The molecule has 0 bridgehead atoms. The van der Waals surface area contributed by atoms with Crippen LogP contribution >= 0.6 is 11.6 Å². The van der Waals surface area contributed by atoms with Gasteiger partial charge in [0.25, 0.3) is 0 Å². The molecule has 1 aliphatic heterocycles. The van der Waals surface area contributed by atoms with E-state index in [1.165, 1.54) is 12.4 Å². The number of halogens is 2. The summed E-state index contributed by atoms with van der Waals surface area (Å²) in [5.74, 6) is 0.480. The summed E-state index contributed by atoms with van der Waals surface area (Å²) in [5.41, 5.74) is 4.84. The smallest absolute Gasteiger partial charge is 0.144 e. The molecule has 4 aromatic rings. The Balaban J connectivity index is 1.66. The maximum absolute atomic E-state index is 13.9. The average Bonchev–Trinajstić information content (AvgIpc) is 3.12. The number of benzene rings is 2. The third kappa shape index (κ3) is 2.96. The number of pyridine rings is 1. The van der Waals surface area contributed by atoms with Crippen molar-refractivity contribution in [2.45, 2.75) is 13.3 Å². The molecule has 0 radical (unpaired) electrons. The number of rotatable bonds is 2. The minimum absolute atomic E-state index is 0.0934. The third-order valence-corrected chi connectivity index (χ3v) is 5.57. The van der Waals surface area contributed by atoms with Crippen LogP contribution in [-0.2, 0) is 6.42 Å². The van der Waals surface area contributed by atoms with Crippen LogP contribution in [0.5, 0.6) is 5.75 Å². The molecule has 1 aliphatic rings. The van der Waals surface area contributed by atoms with Crippen LogP contribution in [0.1, 0.15) is 11.3 Å². The highest BCUT2D eigenvalue weighted by molar-refractivity contribution is 6.31. The van der Waals surface area contributed by atoms with Gasteiger partial charge in [0.05, 0.1) is 16.2 Å². The second-order valence-corrected chi connectivity index (χ2v) is 7.46. The van der Waals surface area contributed by atoms with Crippen molar-refractivity contribution in [2.75, 3.05) is 11.4 Å². The average molecular weight is 407 g/mol. The van der Waals surface area contributed by atoms with Crippen LogP contribution in [0.15, 0.2) is 48.9 Å². The molecular formula is C22H16ClFN4O. The Hall–Kier alpha value is -3.25. The summed E-state index contributed by atoms with van der Waals surface area (Å²) in [5, 5.41) is 11.0. The fourth-order valence-electron chi connectivity index (χ4n) is 3.72. The minimum atomic E-state index is -0.409. The summed E-state index contributed by atoms with van der Waals surface area (Å²) in [6, 6.07) is 10.7. The van der Waals surface area contributed by atoms with Gasteiger partial charge in [-0.05, 0) is 54.8 Å². The van der Waals surface area contributed by atoms with Crippen LogP contribution in [0.3, 0.4) is 0 Å². The number of aromatic hydroxyl groups is 1. The molecule has 0 saturated carbocycles. The fraction of sp³-hybridized carbons (Fsp3) is 0.136. The first-order valence-corrected chi connectivity index (χ1v) is 9.55. The number of aromatic nitrogens is 3. The molecule has 0 atom stereocenters. The SMILES string of the molecule is Cc1ncc(-c2ccc3ncnc(N4CCc5cc(F)c(Cl)cc54)c3c2)cc1O. The van der Waals surface area contributed by atoms with E-state index in [-0.39, 0.29) is 10.8 Å². The number of fused-ring (bicyclic) bond motifs is 2. The number of nitrogens with zero attached hydrogens (tertiary/aromatic N) is 4. The van der Waals surface area contributed by atoms with Crippen molar-refractivity contribution in [2.24, 2.45) is 0 Å². The molecule has 2 aromatic heterocycles. The summed E-state index contributed by atoms with van der Waals surface area (Å²) >= 11 is 6.03. The van der Waals surface area contributed by atoms with Gasteiger partial charge in [0, 0.05) is 29.4 Å². The lowest BCUT2D eigenvalue weighted by molar-refractivity contribution is 0.468. The molecule has 0 fully saturated rings. The summed E-state index contributed by atoms with van der Waals surface area (Å²) < 4.78 is 13.9. The molecule has 3 heterocycles. The van der Waals surface area contributed by atoms with Crippen LogP contribution < -0.4 is 4.90 Å². The van der Waals surface area contributed by atoms with Gasteiger partial charge in [0.1, 0.15) is 23.7 Å². The second kappa shape index (κ2) is 6.67. The quantitative estimate of drug-likeness (QED) is 0.496. The van der Waals surface area contributed by atoms with E-state index in [0.717, 1.165) is 39.1 Å². The van der Waals surface area contributed by atoms with Crippen molar-refractivity contribution in [3.8, 4) is 16.9 Å². The molecule has 1 N–H and O–H groups in total. The van der Waals surface area contributed by atoms with Crippen LogP contribution in [0.2, 0.25) is 5.02 Å². The largest absolute Gasteiger partial charge is 0.506 e. The molecule has 5 nitrogen and oxygen atoms in total. The Morgan fingerprint density at radius 2 is 1.93 bits per heavy atom. The van der Waals surface area contributed by atoms with E-state index in [1.807, 2.05) is 23.1 Å². The Kier molecular flexibility index (Phi) is 4.10. The standard InChI is InChI=1S/C22H16ClFN4O/c1-12-21(29)8-15(10-25-12)13-2-3-19-16(6-13)22(27-11-26-19)28-5-4-14-7-18(24)17(23)9-20(14)28/h2-3,6-11,29H,4-5H2,1H3. The van der Waals surface area contributed by atoms with Crippen LogP contribution in [0, 0.1) is 12.7 Å². The number of hydrogen-bond acceptors (Lipinski definition) is 5. The maximum atomic E-state index is 13.9. The van der Waals surface area contributed by atoms with Gasteiger partial charge in [-0.3, -0.25) is 4.98 Å². The van der Waals surface area contributed by atoms with Crippen molar-refractivity contribution in [3.63, 3.8) is 0 Å². The molecule has 5 rings (SSSR count). The highest BCUT2D eigenvalue weighted by Crippen LogP contribution is 2.39. The minimum Gasteiger partial charge on any atom is -0.506 e. The molecule has 0 amide bonds. The number of hydrogen-bond donors (Lipinski definition) is 1. The van der Waals surface area contributed by atoms with E-state index in [4.69, 9.17) is 11.6 Å². The van der Waals surface area contributed by atoms with Gasteiger partial charge in [-0.25, -0.2) is 14.4 Å². The summed E-state index contributed by atoms with van der Waals surface area (Å²) in [4.78, 5) is 15.2. The maximum Gasteiger partial charge on any atom is 0.144 e. The highest BCUT2D eigenvalue weighted by atomic mass is 35.5. The summed E-state index contributed by atoms with van der Waals surface area (Å²) in [6.45, 7) is 2.43. The zero-order valence-corrected chi connectivity index (χ0v) is 16.3. The van der Waals surface area contributed by atoms with E-state index in [9.17, 15) is 9.50 Å². The zero-order chi connectivity index (χ0) is 20.1. The predicted octanol–water partition coefficient (Wildman–Crippen LogP) is 5.19. The lowest BCUT2D eigenvalue weighted by Gasteiger charge is -2.20. The monoisotopic (exact) mass is 406 g/mol. The molecule has 0 aliphatic carbocycles. The summed E-state index contributed by atoms with van der Waals surface area (Å²) in [6.07, 6.45) is 3.97. The van der Waals surface area contributed by atoms with E-state index in [0.29, 0.717) is 18.7 Å². The zero-order valence-electron chi connectivity index (χ0n) is 15.5. The van der Waals surface area contributed by atoms with E-state index in [1.54, 1.807) is 25.3 Å². The summed E-state index contributed by atoms with van der Waals surface area (Å²) in [7, 11) is 0. The Labute approximate surface area is 171 Å². The first kappa shape index (κ1) is 17.8. The van der Waals surface area contributed by atoms with E-state index < -0.39 is 5.82 Å². The van der Waals surface area contributed by atoms with E-state index in [2.05, 4.69) is 15.0 Å². The van der Waals surface area contributed by atoms with Crippen LogP contribution in [-0.4, -0.2) is 26.6 Å². The van der Waals surface area contributed by atoms with Gasteiger partial charge in [0.15, 0.2) is 0 Å². The molecule has 144 valence electrons. The van der Waals surface area contributed by atoms with Crippen molar-refractivity contribution in [1.82, 2.24) is 15.0 Å². The normalized spacial score (nSPS) is 13.1. The third-order valence-electron chi connectivity index (χ3n) is 5.28. The molecular weight excluding hydrogens is 391 g/mol. The Morgan fingerprint density at radius 3 is 2.76 bits per heavy atom. The number of aryl methyl sites for hydroxylation is 1. The van der Waals surface area contributed by atoms with Gasteiger partial charge in [-0.1, -0.05) is 17.7 Å². The molecule has 0 unspecified atom stereocenters. The van der Waals surface area contributed by atoms with Crippen molar-refractivity contribution >= 4 is 34.0 Å². The van der Waals surface area contributed by atoms with Crippen LogP contribution in [0.4, 0.5) is 15.9 Å². The van der Waals surface area contributed by atoms with Gasteiger partial charge < -0.3 is 10.0 Å². The topological polar surface area (TPSA) is 62.1 Å². The lowest BCUT2D eigenvalue weighted by Crippen LogP contribution is -2.15. The van der Waals surface area contributed by atoms with Gasteiger partial charge in [-0.2, -0.15) is 0 Å². The Bertz CT molecular complexity index is 1280. The van der Waals surface area contributed by atoms with Gasteiger partial charge in [0.2, 0.25) is 0 Å². The molecule has 29 heavy (non-hydrogen) atoms. The highest BCUT2D eigenvalue weighted by Gasteiger charge is 2.25. The van der Waals surface area contributed by atoms with Gasteiger partial charge in [-0.15, -0.1) is 0 Å². The lowest BCUT2D eigenvalue weighted by atomic mass is 10.0. The molecule has 2 aromatic carbocycles. The van der Waals surface area contributed by atoms with Crippen molar-refractivity contribution in [1.29, 1.82) is 0 Å². The second-order valence-electron chi connectivity index (χ2n) is 7.05. The predicted molar refractivity (Wildman–Crippen MR) is 111 cm³/mol. The Morgan fingerprint density at radius 1 is 1.07 bits per heavy atom. The molecule has 0 spiro atoms. The van der Waals surface area contributed by atoms with E-state index >= 15 is 0 Å². The molecule has 0 saturated heterocycles. The van der Waals surface area contributed by atoms with Crippen molar-refractivity contribution < 1.29 is 9.50 Å². The first-order chi connectivity index (χ1) is 14.0. The number of anilines is 2. The molecule has 7 heteroatoms.